The van der Waals surface area contributed by atoms with Crippen LogP contribution in [-0.2, 0) is 11.2 Å². The number of likely N-dealkylation sites (tertiary alicyclic amines) is 1. The van der Waals surface area contributed by atoms with Crippen LogP contribution in [0, 0.1) is 0 Å². The Morgan fingerprint density at radius 2 is 1.70 bits per heavy atom. The third kappa shape index (κ3) is 8.44. The summed E-state index contributed by atoms with van der Waals surface area (Å²) in [6, 6.07) is 11.5. The summed E-state index contributed by atoms with van der Waals surface area (Å²) in [5, 5.41) is 0. The second kappa shape index (κ2) is 13.0. The van der Waals surface area contributed by atoms with E-state index >= 15 is 0 Å². The largest absolute Gasteiger partial charge is 1.00 e. The van der Waals surface area contributed by atoms with Crippen LogP contribution in [0.5, 0.6) is 0 Å². The Kier molecular flexibility index (Phi) is 13.3. The van der Waals surface area contributed by atoms with Gasteiger partial charge in [0.05, 0.1) is 47.4 Å². The number of halogens is 2. The quantitative estimate of drug-likeness (QED) is 0.229. The van der Waals surface area contributed by atoms with Gasteiger partial charge in [0.1, 0.15) is 18.7 Å². The number of hydrogen-bond donors (Lipinski definition) is 0. The van der Waals surface area contributed by atoms with Crippen LogP contribution in [0.25, 0.3) is 0 Å². The van der Waals surface area contributed by atoms with Gasteiger partial charge < -0.3 is 61.7 Å². The van der Waals surface area contributed by atoms with Crippen LogP contribution in [-0.4, -0.2) is 75.0 Å². The maximum Gasteiger partial charge on any atom is 0.115 e. The SMILES string of the molecule is CC[N+](C)(CC)CCOC(Cc1ccccc1)C1CCCC[N+]1(C)C.[I-].[I-]. The normalized spacial score (nSPS) is 20.3. The van der Waals surface area contributed by atoms with Gasteiger partial charge in [0, 0.05) is 12.8 Å². The van der Waals surface area contributed by atoms with Gasteiger partial charge in [0.25, 0.3) is 0 Å². The van der Waals surface area contributed by atoms with E-state index in [1.165, 1.54) is 44.5 Å². The molecule has 2 atom stereocenters. The van der Waals surface area contributed by atoms with Crippen LogP contribution < -0.4 is 48.0 Å². The predicted molar refractivity (Wildman–Crippen MR) is 107 cm³/mol. The second-order valence-electron chi connectivity index (χ2n) is 8.64. The van der Waals surface area contributed by atoms with E-state index in [0.717, 1.165) is 28.5 Å². The van der Waals surface area contributed by atoms with Gasteiger partial charge >= 0.3 is 0 Å². The van der Waals surface area contributed by atoms with E-state index < -0.39 is 0 Å². The van der Waals surface area contributed by atoms with E-state index in [9.17, 15) is 0 Å². The molecule has 2 rings (SSSR count). The summed E-state index contributed by atoms with van der Waals surface area (Å²) in [6.45, 7) is 10.2. The van der Waals surface area contributed by atoms with Crippen LogP contribution >= 0.6 is 0 Å². The standard InChI is InChI=1S/C22H40N2O.2HI/c1-6-24(5,7-2)17-18-25-22(19-20-13-9-8-10-14-20)21-15-11-12-16-23(21,3)4;;/h8-10,13-14,21-22H,6-7,11-12,15-19H2,1-5H3;2*1H/q+2;;/p-2. The lowest BCUT2D eigenvalue weighted by atomic mass is 9.91. The molecule has 0 bridgehead atoms. The third-order valence-electron chi connectivity index (χ3n) is 6.58. The zero-order valence-electron chi connectivity index (χ0n) is 18.0. The van der Waals surface area contributed by atoms with Crippen molar-refractivity contribution in [3.05, 3.63) is 35.9 Å². The zero-order valence-corrected chi connectivity index (χ0v) is 22.3. The highest BCUT2D eigenvalue weighted by Crippen LogP contribution is 2.27. The number of ether oxygens (including phenoxy) is 1. The predicted octanol–water partition coefficient (Wildman–Crippen LogP) is -2.26. The molecule has 0 radical (unpaired) electrons. The molecule has 1 aliphatic heterocycles. The number of rotatable bonds is 9. The molecular weight excluding hydrogens is 562 g/mol. The fourth-order valence-electron chi connectivity index (χ4n) is 4.14. The van der Waals surface area contributed by atoms with Gasteiger partial charge in [-0.15, -0.1) is 0 Å². The van der Waals surface area contributed by atoms with Crippen molar-refractivity contribution >= 4 is 0 Å². The average Bonchev–Trinajstić information content (AvgIpc) is 2.61. The molecule has 1 aromatic carbocycles. The van der Waals surface area contributed by atoms with Gasteiger partial charge in [0.15, 0.2) is 0 Å². The molecule has 1 fully saturated rings. The molecule has 1 aliphatic rings. The summed E-state index contributed by atoms with van der Waals surface area (Å²) in [7, 11) is 7.13. The molecule has 2 unspecified atom stereocenters. The summed E-state index contributed by atoms with van der Waals surface area (Å²) >= 11 is 0. The minimum absolute atomic E-state index is 0. The van der Waals surface area contributed by atoms with E-state index in [1.54, 1.807) is 0 Å². The molecule has 1 saturated heterocycles. The Morgan fingerprint density at radius 1 is 1.07 bits per heavy atom. The smallest absolute Gasteiger partial charge is 0.115 e. The molecule has 3 nitrogen and oxygen atoms in total. The van der Waals surface area contributed by atoms with Crippen molar-refractivity contribution in [2.45, 2.75) is 51.7 Å². The molecule has 0 spiro atoms. The number of hydrogen-bond acceptors (Lipinski definition) is 1. The highest BCUT2D eigenvalue weighted by atomic mass is 127. The van der Waals surface area contributed by atoms with Gasteiger partial charge in [-0.1, -0.05) is 30.3 Å². The number of nitrogens with zero attached hydrogens (tertiary/aromatic N) is 2. The Morgan fingerprint density at radius 3 is 2.26 bits per heavy atom. The van der Waals surface area contributed by atoms with Crippen molar-refractivity contribution < 1.29 is 61.7 Å². The summed E-state index contributed by atoms with van der Waals surface area (Å²) < 4.78 is 8.79. The van der Waals surface area contributed by atoms with Gasteiger partial charge in [-0.3, -0.25) is 0 Å². The lowest BCUT2D eigenvalue weighted by Gasteiger charge is -2.45. The van der Waals surface area contributed by atoms with Crippen molar-refractivity contribution in [1.82, 2.24) is 0 Å². The number of quaternary nitrogens is 2. The van der Waals surface area contributed by atoms with Gasteiger partial charge in [0.2, 0.25) is 0 Å². The van der Waals surface area contributed by atoms with Gasteiger partial charge in [-0.05, 0) is 32.3 Å². The molecule has 1 aromatic rings. The Bertz CT molecular complexity index is 506. The van der Waals surface area contributed by atoms with Crippen LogP contribution in [0.15, 0.2) is 30.3 Å². The summed E-state index contributed by atoms with van der Waals surface area (Å²) in [6.07, 6.45) is 5.34. The van der Waals surface area contributed by atoms with E-state index in [1.807, 2.05) is 0 Å². The topological polar surface area (TPSA) is 9.23 Å². The highest BCUT2D eigenvalue weighted by molar-refractivity contribution is 5.15. The molecule has 1 heterocycles. The van der Waals surface area contributed by atoms with Crippen LogP contribution in [0.2, 0.25) is 0 Å². The molecule has 0 amide bonds. The Labute approximate surface area is 202 Å². The van der Waals surface area contributed by atoms with Crippen molar-refractivity contribution in [1.29, 1.82) is 0 Å². The molecule has 0 aromatic heterocycles. The van der Waals surface area contributed by atoms with Crippen LogP contribution in [0.3, 0.4) is 0 Å². The molecule has 5 heteroatoms. The molecule has 0 aliphatic carbocycles. The van der Waals surface area contributed by atoms with Crippen molar-refractivity contribution in [2.24, 2.45) is 0 Å². The van der Waals surface area contributed by atoms with Gasteiger partial charge in [-0.25, -0.2) is 0 Å². The Hall–Kier alpha value is 0.560. The lowest BCUT2D eigenvalue weighted by molar-refractivity contribution is -0.924. The zero-order chi connectivity index (χ0) is 18.3. The minimum Gasteiger partial charge on any atom is -1.00 e. The first kappa shape index (κ1) is 27.6. The van der Waals surface area contributed by atoms with Crippen LogP contribution in [0.1, 0.15) is 38.7 Å². The maximum absolute atomic E-state index is 6.59. The molecule has 0 N–H and O–H groups in total. The fraction of sp³-hybridized carbons (Fsp3) is 0.727. The minimum atomic E-state index is 0. The molecule has 158 valence electrons. The first-order valence-electron chi connectivity index (χ1n) is 10.2. The fourth-order valence-corrected chi connectivity index (χ4v) is 4.14. The van der Waals surface area contributed by atoms with Crippen molar-refractivity contribution in [3.63, 3.8) is 0 Å². The third-order valence-corrected chi connectivity index (χ3v) is 6.58. The molecule has 0 saturated carbocycles. The second-order valence-corrected chi connectivity index (χ2v) is 8.64. The molecular formula is C22H40I2N2O. The highest BCUT2D eigenvalue weighted by Gasteiger charge is 2.38. The van der Waals surface area contributed by atoms with Crippen molar-refractivity contribution in [2.75, 3.05) is 53.9 Å². The van der Waals surface area contributed by atoms with Crippen molar-refractivity contribution in [3.8, 4) is 0 Å². The number of piperidine rings is 1. The summed E-state index contributed by atoms with van der Waals surface area (Å²) in [4.78, 5) is 0. The summed E-state index contributed by atoms with van der Waals surface area (Å²) in [5.41, 5.74) is 1.40. The lowest BCUT2D eigenvalue weighted by Crippen LogP contribution is -3.00. The van der Waals surface area contributed by atoms with Gasteiger partial charge in [-0.2, -0.15) is 0 Å². The van der Waals surface area contributed by atoms with Crippen LogP contribution in [0.4, 0.5) is 0 Å². The maximum atomic E-state index is 6.59. The first-order chi connectivity index (χ1) is 11.9. The van der Waals surface area contributed by atoms with E-state index in [-0.39, 0.29) is 48.0 Å². The number of benzene rings is 1. The number of likely N-dealkylation sites (N-methyl/N-ethyl adjacent to an activating group) is 2. The average molecular weight is 602 g/mol. The monoisotopic (exact) mass is 602 g/mol. The summed E-state index contributed by atoms with van der Waals surface area (Å²) in [5.74, 6) is 0. The van der Waals surface area contributed by atoms with E-state index in [2.05, 4.69) is 65.3 Å². The first-order valence-corrected chi connectivity index (χ1v) is 10.2. The Balaban J connectivity index is 0.00000338. The van der Waals surface area contributed by atoms with E-state index in [0.29, 0.717) is 12.1 Å². The molecule has 27 heavy (non-hydrogen) atoms. The van der Waals surface area contributed by atoms with E-state index in [4.69, 9.17) is 4.74 Å².